The van der Waals surface area contributed by atoms with Crippen LogP contribution in [-0.4, -0.2) is 26.1 Å². The summed E-state index contributed by atoms with van der Waals surface area (Å²) in [5.74, 6) is -1.82. The molecule has 2 heterocycles. The molecule has 1 aliphatic rings. The zero-order valence-corrected chi connectivity index (χ0v) is 15.0. The van der Waals surface area contributed by atoms with E-state index in [-0.39, 0.29) is 16.0 Å². The van der Waals surface area contributed by atoms with Crippen LogP contribution in [0.5, 0.6) is 0 Å². The van der Waals surface area contributed by atoms with Gasteiger partial charge < -0.3 is 10.5 Å². The van der Waals surface area contributed by atoms with Crippen molar-refractivity contribution in [3.05, 3.63) is 69.8 Å². The topological polar surface area (TPSA) is 90.2 Å². The van der Waals surface area contributed by atoms with Crippen LogP contribution < -0.4 is 10.0 Å². The SMILES string of the molecule is Cc1ccc(-c2c[n+]([O-])c(C(=O)NC3C=CS(=O)(=O)C3)cc2F)cc1C. The van der Waals surface area contributed by atoms with Gasteiger partial charge in [-0.2, -0.15) is 4.73 Å². The summed E-state index contributed by atoms with van der Waals surface area (Å²) in [6.45, 7) is 3.81. The van der Waals surface area contributed by atoms with E-state index in [1.165, 1.54) is 6.08 Å². The van der Waals surface area contributed by atoms with Gasteiger partial charge in [0.2, 0.25) is 0 Å². The van der Waals surface area contributed by atoms with Crippen LogP contribution in [0.25, 0.3) is 11.1 Å². The molecule has 0 aliphatic carbocycles. The van der Waals surface area contributed by atoms with Crippen molar-refractivity contribution in [2.24, 2.45) is 0 Å². The number of hydrogen-bond donors (Lipinski definition) is 1. The molecule has 1 N–H and O–H groups in total. The van der Waals surface area contributed by atoms with Crippen LogP contribution in [-0.2, 0) is 9.84 Å². The van der Waals surface area contributed by atoms with Crippen LogP contribution in [0.2, 0.25) is 0 Å². The Labute approximate surface area is 150 Å². The number of carbonyl (C=O) groups is 1. The number of halogens is 1. The third kappa shape index (κ3) is 3.60. The number of rotatable bonds is 3. The fraction of sp³-hybridized carbons (Fsp3) is 0.222. The second-order valence-electron chi connectivity index (χ2n) is 6.28. The summed E-state index contributed by atoms with van der Waals surface area (Å²) in [6, 6.07) is 5.42. The van der Waals surface area contributed by atoms with Crippen molar-refractivity contribution in [3.8, 4) is 11.1 Å². The number of aromatic nitrogens is 1. The minimum atomic E-state index is -3.35. The van der Waals surface area contributed by atoms with Gasteiger partial charge in [0, 0.05) is 5.41 Å². The molecule has 1 atom stereocenters. The monoisotopic (exact) mass is 376 g/mol. The Morgan fingerprint density at radius 3 is 2.62 bits per heavy atom. The number of benzene rings is 1. The number of amides is 1. The largest absolute Gasteiger partial charge is 0.618 e. The zero-order valence-electron chi connectivity index (χ0n) is 14.2. The number of pyridine rings is 1. The van der Waals surface area contributed by atoms with Crippen molar-refractivity contribution >= 4 is 15.7 Å². The lowest BCUT2D eigenvalue weighted by Crippen LogP contribution is -2.43. The Balaban J connectivity index is 1.88. The Morgan fingerprint density at radius 1 is 1.27 bits per heavy atom. The molecule has 0 spiro atoms. The molecule has 2 aromatic rings. The molecule has 136 valence electrons. The summed E-state index contributed by atoms with van der Waals surface area (Å²) in [7, 11) is -3.35. The fourth-order valence-electron chi connectivity index (χ4n) is 2.70. The lowest BCUT2D eigenvalue weighted by molar-refractivity contribution is -0.607. The van der Waals surface area contributed by atoms with Gasteiger partial charge in [0.15, 0.2) is 16.0 Å². The summed E-state index contributed by atoms with van der Waals surface area (Å²) in [5.41, 5.74) is 2.18. The Morgan fingerprint density at radius 2 is 2.00 bits per heavy atom. The molecule has 0 bridgehead atoms. The number of sulfone groups is 1. The molecule has 6 nitrogen and oxygen atoms in total. The first kappa shape index (κ1) is 18.1. The van der Waals surface area contributed by atoms with E-state index in [1.54, 1.807) is 12.1 Å². The van der Waals surface area contributed by atoms with E-state index >= 15 is 0 Å². The second-order valence-corrected chi connectivity index (χ2v) is 8.21. The number of aryl methyl sites for hydroxylation is 2. The van der Waals surface area contributed by atoms with Gasteiger partial charge >= 0.3 is 5.91 Å². The third-order valence-corrected chi connectivity index (χ3v) is 5.70. The highest BCUT2D eigenvalue weighted by Crippen LogP contribution is 2.24. The zero-order chi connectivity index (χ0) is 19.1. The number of carbonyl (C=O) groups excluding carboxylic acids is 1. The minimum absolute atomic E-state index is 0.0861. The van der Waals surface area contributed by atoms with Gasteiger partial charge in [-0.25, -0.2) is 12.8 Å². The molecule has 8 heteroatoms. The molecule has 1 aliphatic heterocycles. The summed E-state index contributed by atoms with van der Waals surface area (Å²) in [4.78, 5) is 12.2. The van der Waals surface area contributed by atoms with Crippen LogP contribution in [0, 0.1) is 24.9 Å². The highest BCUT2D eigenvalue weighted by atomic mass is 32.2. The standard InChI is InChI=1S/C18H17FN2O4S/c1-11-3-4-13(7-12(11)2)15-9-21(23)17(8-16(15)19)18(22)20-14-5-6-26(24,25)10-14/h3-9,14H,10H2,1-2H3,(H,20,22). The van der Waals surface area contributed by atoms with Crippen molar-refractivity contribution in [3.63, 3.8) is 0 Å². The third-order valence-electron chi connectivity index (χ3n) is 4.30. The Bertz CT molecular complexity index is 1030. The van der Waals surface area contributed by atoms with Crippen molar-refractivity contribution < 1.29 is 22.3 Å². The van der Waals surface area contributed by atoms with Crippen molar-refractivity contribution in [1.82, 2.24) is 5.32 Å². The molecular formula is C18H17FN2O4S. The van der Waals surface area contributed by atoms with Gasteiger partial charge in [-0.15, -0.1) is 0 Å². The molecule has 0 radical (unpaired) electrons. The van der Waals surface area contributed by atoms with E-state index < -0.39 is 33.3 Å². The van der Waals surface area contributed by atoms with E-state index in [2.05, 4.69) is 5.32 Å². The first-order valence-corrected chi connectivity index (χ1v) is 9.60. The maximum atomic E-state index is 14.5. The normalized spacial score (nSPS) is 18.0. The van der Waals surface area contributed by atoms with Gasteiger partial charge in [-0.1, -0.05) is 18.2 Å². The minimum Gasteiger partial charge on any atom is -0.618 e. The maximum absolute atomic E-state index is 14.5. The van der Waals surface area contributed by atoms with E-state index in [0.29, 0.717) is 5.56 Å². The molecule has 0 saturated heterocycles. The van der Waals surface area contributed by atoms with Crippen molar-refractivity contribution in [1.29, 1.82) is 0 Å². The number of nitrogens with zero attached hydrogens (tertiary/aromatic N) is 1. The summed E-state index contributed by atoms with van der Waals surface area (Å²) in [6.07, 6.45) is 2.33. The van der Waals surface area contributed by atoms with Gasteiger partial charge in [0.05, 0.1) is 23.4 Å². The van der Waals surface area contributed by atoms with E-state index in [0.717, 1.165) is 28.8 Å². The van der Waals surface area contributed by atoms with Crippen LogP contribution >= 0.6 is 0 Å². The molecule has 0 fully saturated rings. The highest BCUT2D eigenvalue weighted by molar-refractivity contribution is 7.94. The smallest absolute Gasteiger partial charge is 0.318 e. The van der Waals surface area contributed by atoms with Crippen molar-refractivity contribution in [2.75, 3.05) is 5.75 Å². The summed E-state index contributed by atoms with van der Waals surface area (Å²) < 4.78 is 37.5. The summed E-state index contributed by atoms with van der Waals surface area (Å²) >= 11 is 0. The second kappa shape index (κ2) is 6.53. The Kier molecular flexibility index (Phi) is 4.53. The van der Waals surface area contributed by atoms with Crippen LogP contribution in [0.15, 0.2) is 41.9 Å². The van der Waals surface area contributed by atoms with Gasteiger partial charge in [0.1, 0.15) is 5.82 Å². The van der Waals surface area contributed by atoms with E-state index in [9.17, 15) is 22.8 Å². The Hall–Kier alpha value is -2.74. The van der Waals surface area contributed by atoms with Crippen LogP contribution in [0.4, 0.5) is 4.39 Å². The molecule has 1 unspecified atom stereocenters. The first-order chi connectivity index (χ1) is 12.2. The first-order valence-electron chi connectivity index (χ1n) is 7.88. The molecule has 1 amide bonds. The molecule has 26 heavy (non-hydrogen) atoms. The van der Waals surface area contributed by atoms with Gasteiger partial charge in [-0.05, 0) is 36.6 Å². The number of hydrogen-bond acceptors (Lipinski definition) is 4. The van der Waals surface area contributed by atoms with Crippen LogP contribution in [0.3, 0.4) is 0 Å². The average Bonchev–Trinajstić information content (AvgIpc) is 2.90. The molecule has 1 aromatic heterocycles. The van der Waals surface area contributed by atoms with Gasteiger partial charge in [0.25, 0.3) is 5.69 Å². The molecular weight excluding hydrogens is 359 g/mol. The lowest BCUT2D eigenvalue weighted by Gasteiger charge is -2.12. The fourth-order valence-corrected chi connectivity index (χ4v) is 3.94. The van der Waals surface area contributed by atoms with E-state index in [4.69, 9.17) is 0 Å². The van der Waals surface area contributed by atoms with E-state index in [1.807, 2.05) is 19.9 Å². The van der Waals surface area contributed by atoms with Crippen molar-refractivity contribution in [2.45, 2.75) is 19.9 Å². The number of nitrogens with one attached hydrogen (secondary N) is 1. The molecule has 3 rings (SSSR count). The predicted molar refractivity (Wildman–Crippen MR) is 94.5 cm³/mol. The maximum Gasteiger partial charge on any atom is 0.318 e. The predicted octanol–water partition coefficient (Wildman–Crippen LogP) is 1.78. The average molecular weight is 376 g/mol. The lowest BCUT2D eigenvalue weighted by atomic mass is 10.0. The van der Waals surface area contributed by atoms with Crippen LogP contribution in [0.1, 0.15) is 21.6 Å². The summed E-state index contributed by atoms with van der Waals surface area (Å²) in [5, 5.41) is 15.6. The molecule has 1 aromatic carbocycles. The molecule has 0 saturated carbocycles. The van der Waals surface area contributed by atoms with Gasteiger partial charge in [-0.3, -0.25) is 4.79 Å². The quantitative estimate of drug-likeness (QED) is 0.653. The highest BCUT2D eigenvalue weighted by Gasteiger charge is 2.27.